The third-order valence-electron chi connectivity index (χ3n) is 4.48. The van der Waals surface area contributed by atoms with Crippen molar-refractivity contribution >= 4 is 33.4 Å². The molecular formula is C23H21BrN2O3. The largest absolute Gasteiger partial charge is 0.496 e. The number of anilines is 1. The van der Waals surface area contributed by atoms with Crippen LogP contribution in [-0.2, 0) is 0 Å². The van der Waals surface area contributed by atoms with Gasteiger partial charge in [-0.3, -0.25) is 9.59 Å². The molecule has 2 amide bonds. The van der Waals surface area contributed by atoms with E-state index in [0.29, 0.717) is 27.0 Å². The fourth-order valence-electron chi connectivity index (χ4n) is 2.89. The highest BCUT2D eigenvalue weighted by Crippen LogP contribution is 2.26. The van der Waals surface area contributed by atoms with Crippen molar-refractivity contribution in [1.29, 1.82) is 0 Å². The Morgan fingerprint density at radius 3 is 2.31 bits per heavy atom. The molecule has 5 nitrogen and oxygen atoms in total. The molecule has 0 saturated heterocycles. The van der Waals surface area contributed by atoms with E-state index in [2.05, 4.69) is 26.6 Å². The Morgan fingerprint density at radius 2 is 1.62 bits per heavy atom. The Balaban J connectivity index is 1.77. The number of nitrogens with one attached hydrogen (secondary N) is 2. The molecule has 6 heteroatoms. The van der Waals surface area contributed by atoms with Crippen LogP contribution in [0.4, 0.5) is 5.69 Å². The van der Waals surface area contributed by atoms with Gasteiger partial charge >= 0.3 is 0 Å². The predicted molar refractivity (Wildman–Crippen MR) is 117 cm³/mol. The van der Waals surface area contributed by atoms with E-state index in [-0.39, 0.29) is 17.9 Å². The molecule has 2 N–H and O–H groups in total. The number of benzene rings is 3. The summed E-state index contributed by atoms with van der Waals surface area (Å²) in [6, 6.07) is 21.5. The maximum absolute atomic E-state index is 12.8. The molecular weight excluding hydrogens is 432 g/mol. The monoisotopic (exact) mass is 452 g/mol. The second-order valence-electron chi connectivity index (χ2n) is 6.45. The van der Waals surface area contributed by atoms with E-state index in [1.165, 1.54) is 0 Å². The molecule has 3 rings (SSSR count). The molecule has 0 heterocycles. The first kappa shape index (κ1) is 20.6. The Bertz CT molecular complexity index is 1020. The van der Waals surface area contributed by atoms with Crippen molar-refractivity contribution < 1.29 is 14.3 Å². The highest BCUT2D eigenvalue weighted by molar-refractivity contribution is 9.10. The standard InChI is InChI=1S/C23H21BrN2O3/c1-15(16-8-4-3-5-9-16)25-23(28)18-10-6-7-11-20(18)26-22(27)17-12-13-21(29-2)19(24)14-17/h3-15H,1-2H3,(H,25,28)(H,26,27). The Morgan fingerprint density at radius 1 is 0.931 bits per heavy atom. The maximum atomic E-state index is 12.8. The second-order valence-corrected chi connectivity index (χ2v) is 7.31. The van der Waals surface area contributed by atoms with Gasteiger partial charge in [0, 0.05) is 5.56 Å². The third-order valence-corrected chi connectivity index (χ3v) is 5.10. The molecule has 0 aliphatic heterocycles. The zero-order valence-corrected chi connectivity index (χ0v) is 17.7. The predicted octanol–water partition coefficient (Wildman–Crippen LogP) is 5.20. The van der Waals surface area contributed by atoms with Gasteiger partial charge in [-0.25, -0.2) is 0 Å². The van der Waals surface area contributed by atoms with Crippen LogP contribution in [-0.4, -0.2) is 18.9 Å². The van der Waals surface area contributed by atoms with Crippen LogP contribution >= 0.6 is 15.9 Å². The average molecular weight is 453 g/mol. The molecule has 0 bridgehead atoms. The summed E-state index contributed by atoms with van der Waals surface area (Å²) in [5, 5.41) is 5.80. The van der Waals surface area contributed by atoms with Crippen LogP contribution < -0.4 is 15.4 Å². The van der Waals surface area contributed by atoms with E-state index in [4.69, 9.17) is 4.74 Å². The molecule has 29 heavy (non-hydrogen) atoms. The fraction of sp³-hybridized carbons (Fsp3) is 0.130. The molecule has 0 aliphatic rings. The van der Waals surface area contributed by atoms with Crippen molar-refractivity contribution in [2.75, 3.05) is 12.4 Å². The summed E-state index contributed by atoms with van der Waals surface area (Å²) in [7, 11) is 1.56. The third kappa shape index (κ3) is 5.03. The lowest BCUT2D eigenvalue weighted by Gasteiger charge is -2.16. The van der Waals surface area contributed by atoms with Gasteiger partial charge in [0.15, 0.2) is 0 Å². The average Bonchev–Trinajstić information content (AvgIpc) is 2.74. The van der Waals surface area contributed by atoms with Gasteiger partial charge in [0.25, 0.3) is 11.8 Å². The van der Waals surface area contributed by atoms with Crippen LogP contribution in [0.15, 0.2) is 77.3 Å². The zero-order chi connectivity index (χ0) is 20.8. The van der Waals surface area contributed by atoms with Gasteiger partial charge < -0.3 is 15.4 Å². The van der Waals surface area contributed by atoms with E-state index < -0.39 is 0 Å². The molecule has 0 fully saturated rings. The number of carbonyl (C=O) groups excluding carboxylic acids is 2. The van der Waals surface area contributed by atoms with Gasteiger partial charge in [0.05, 0.1) is 28.9 Å². The van der Waals surface area contributed by atoms with E-state index in [1.807, 2.05) is 37.3 Å². The number of rotatable bonds is 6. The molecule has 1 unspecified atom stereocenters. The summed E-state index contributed by atoms with van der Waals surface area (Å²) in [5.41, 5.74) is 2.30. The SMILES string of the molecule is COc1ccc(C(=O)Nc2ccccc2C(=O)NC(C)c2ccccc2)cc1Br. The van der Waals surface area contributed by atoms with Crippen LogP contribution in [0.1, 0.15) is 39.2 Å². The number of hydrogen-bond acceptors (Lipinski definition) is 3. The van der Waals surface area contributed by atoms with Gasteiger partial charge in [0.2, 0.25) is 0 Å². The van der Waals surface area contributed by atoms with Gasteiger partial charge in [-0.15, -0.1) is 0 Å². The number of halogens is 1. The number of carbonyl (C=O) groups is 2. The first-order valence-electron chi connectivity index (χ1n) is 9.09. The summed E-state index contributed by atoms with van der Waals surface area (Å²) in [6.45, 7) is 1.92. The summed E-state index contributed by atoms with van der Waals surface area (Å²) < 4.78 is 5.87. The number of para-hydroxylation sites is 1. The molecule has 3 aromatic rings. The highest BCUT2D eigenvalue weighted by Gasteiger charge is 2.17. The summed E-state index contributed by atoms with van der Waals surface area (Å²) >= 11 is 3.38. The quantitative estimate of drug-likeness (QED) is 0.539. The zero-order valence-electron chi connectivity index (χ0n) is 16.1. The number of amides is 2. The second kappa shape index (κ2) is 9.39. The Labute approximate surface area is 178 Å². The maximum Gasteiger partial charge on any atom is 0.255 e. The first-order chi connectivity index (χ1) is 14.0. The molecule has 148 valence electrons. The minimum Gasteiger partial charge on any atom is -0.496 e. The van der Waals surface area contributed by atoms with E-state index in [1.54, 1.807) is 49.6 Å². The van der Waals surface area contributed by atoms with Crippen LogP contribution in [0.3, 0.4) is 0 Å². The van der Waals surface area contributed by atoms with Gasteiger partial charge in [-0.2, -0.15) is 0 Å². The highest BCUT2D eigenvalue weighted by atomic mass is 79.9. The number of hydrogen-bond donors (Lipinski definition) is 2. The molecule has 0 radical (unpaired) electrons. The van der Waals surface area contributed by atoms with Gasteiger partial charge in [-0.05, 0) is 58.7 Å². The summed E-state index contributed by atoms with van der Waals surface area (Å²) in [5.74, 6) is 0.0640. The fourth-order valence-corrected chi connectivity index (χ4v) is 3.43. The summed E-state index contributed by atoms with van der Waals surface area (Å²) in [6.07, 6.45) is 0. The first-order valence-corrected chi connectivity index (χ1v) is 9.88. The van der Waals surface area contributed by atoms with Crippen molar-refractivity contribution in [3.05, 3.63) is 94.0 Å². The minimum atomic E-state index is -0.315. The number of ether oxygens (including phenoxy) is 1. The van der Waals surface area contributed by atoms with E-state index in [0.717, 1.165) is 5.56 Å². The van der Waals surface area contributed by atoms with Crippen molar-refractivity contribution in [2.24, 2.45) is 0 Å². The Kier molecular flexibility index (Phi) is 6.67. The lowest BCUT2D eigenvalue weighted by molar-refractivity contribution is 0.0941. The smallest absolute Gasteiger partial charge is 0.255 e. The molecule has 3 aromatic carbocycles. The summed E-state index contributed by atoms with van der Waals surface area (Å²) in [4.78, 5) is 25.5. The van der Waals surface area contributed by atoms with Crippen LogP contribution in [0.25, 0.3) is 0 Å². The van der Waals surface area contributed by atoms with E-state index in [9.17, 15) is 9.59 Å². The molecule has 0 saturated carbocycles. The topological polar surface area (TPSA) is 67.4 Å². The van der Waals surface area contributed by atoms with Crippen LogP contribution in [0.2, 0.25) is 0 Å². The van der Waals surface area contributed by atoms with Crippen LogP contribution in [0.5, 0.6) is 5.75 Å². The molecule has 1 atom stereocenters. The van der Waals surface area contributed by atoms with E-state index >= 15 is 0 Å². The minimum absolute atomic E-state index is 0.162. The van der Waals surface area contributed by atoms with Gasteiger partial charge in [-0.1, -0.05) is 42.5 Å². The van der Waals surface area contributed by atoms with Gasteiger partial charge in [0.1, 0.15) is 5.75 Å². The van der Waals surface area contributed by atoms with Crippen molar-refractivity contribution in [3.63, 3.8) is 0 Å². The lowest BCUT2D eigenvalue weighted by atomic mass is 10.1. The van der Waals surface area contributed by atoms with Crippen molar-refractivity contribution in [1.82, 2.24) is 5.32 Å². The number of methoxy groups -OCH3 is 1. The van der Waals surface area contributed by atoms with Crippen molar-refractivity contribution in [2.45, 2.75) is 13.0 Å². The Hall–Kier alpha value is -3.12. The van der Waals surface area contributed by atoms with Crippen LogP contribution in [0, 0.1) is 0 Å². The molecule has 0 aromatic heterocycles. The van der Waals surface area contributed by atoms with Crippen molar-refractivity contribution in [3.8, 4) is 5.75 Å². The normalized spacial score (nSPS) is 11.4. The lowest BCUT2D eigenvalue weighted by Crippen LogP contribution is -2.28. The molecule has 0 aliphatic carbocycles. The molecule has 0 spiro atoms.